The summed E-state index contributed by atoms with van der Waals surface area (Å²) in [7, 11) is 0. The summed E-state index contributed by atoms with van der Waals surface area (Å²) in [6.45, 7) is 0.464. The van der Waals surface area contributed by atoms with Crippen LogP contribution in [-0.4, -0.2) is 35.0 Å². The average molecular weight is 391 g/mol. The highest BCUT2D eigenvalue weighted by atomic mass is 35.5. The Bertz CT molecular complexity index is 808. The molecule has 1 aliphatic rings. The first-order valence-electron chi connectivity index (χ1n) is 7.18. The third-order valence-corrected chi connectivity index (χ3v) is 4.19. The van der Waals surface area contributed by atoms with Gasteiger partial charge in [0.15, 0.2) is 0 Å². The molecule has 1 aliphatic heterocycles. The van der Waals surface area contributed by atoms with E-state index >= 15 is 0 Å². The van der Waals surface area contributed by atoms with E-state index in [-0.39, 0.29) is 29.9 Å². The van der Waals surface area contributed by atoms with Crippen molar-refractivity contribution in [3.8, 4) is 5.88 Å². The topological polar surface area (TPSA) is 42.4 Å². The first-order valence-corrected chi connectivity index (χ1v) is 7.94. The quantitative estimate of drug-likeness (QED) is 0.783. The van der Waals surface area contributed by atoms with Crippen molar-refractivity contribution in [2.45, 2.75) is 12.3 Å². The Kier molecular flexibility index (Phi) is 4.79. The molecule has 2 aromatic rings. The number of alkyl halides is 3. The fourth-order valence-corrected chi connectivity index (χ4v) is 2.82. The van der Waals surface area contributed by atoms with E-state index in [0.717, 1.165) is 18.3 Å². The lowest BCUT2D eigenvalue weighted by Gasteiger charge is -2.38. The van der Waals surface area contributed by atoms with Gasteiger partial charge < -0.3 is 9.64 Å². The Morgan fingerprint density at radius 1 is 1.20 bits per heavy atom. The molecular formula is C16H11Cl2F3N2O2. The van der Waals surface area contributed by atoms with E-state index in [4.69, 9.17) is 27.9 Å². The number of aromatic nitrogens is 1. The van der Waals surface area contributed by atoms with E-state index in [1.165, 1.54) is 17.0 Å². The first kappa shape index (κ1) is 17.8. The Balaban J connectivity index is 1.60. The van der Waals surface area contributed by atoms with E-state index in [2.05, 4.69) is 4.98 Å². The van der Waals surface area contributed by atoms with Crippen LogP contribution in [0.15, 0.2) is 36.5 Å². The third kappa shape index (κ3) is 3.99. The standard InChI is InChI=1S/C16H11Cl2F3N2O2/c17-10-1-2-12(13(18)6-10)15(24)23-7-11(8-23)25-14-5-9(3-4-22-14)16(19,20)21/h1-6,11H,7-8H2. The van der Waals surface area contributed by atoms with Crippen LogP contribution in [0.4, 0.5) is 13.2 Å². The van der Waals surface area contributed by atoms with Gasteiger partial charge >= 0.3 is 6.18 Å². The minimum Gasteiger partial charge on any atom is -0.471 e. The third-order valence-electron chi connectivity index (χ3n) is 3.65. The van der Waals surface area contributed by atoms with Crippen molar-refractivity contribution in [3.63, 3.8) is 0 Å². The highest BCUT2D eigenvalue weighted by Crippen LogP contribution is 2.31. The lowest BCUT2D eigenvalue weighted by atomic mass is 10.1. The molecule has 0 bridgehead atoms. The summed E-state index contributed by atoms with van der Waals surface area (Å²) in [5, 5.41) is 0.656. The fourth-order valence-electron chi connectivity index (χ4n) is 2.33. The van der Waals surface area contributed by atoms with Crippen LogP contribution in [0.3, 0.4) is 0 Å². The molecular weight excluding hydrogens is 380 g/mol. The van der Waals surface area contributed by atoms with Crippen LogP contribution >= 0.6 is 23.2 Å². The lowest BCUT2D eigenvalue weighted by molar-refractivity contribution is -0.137. The Morgan fingerprint density at radius 3 is 2.56 bits per heavy atom. The second-order valence-electron chi connectivity index (χ2n) is 5.45. The van der Waals surface area contributed by atoms with Gasteiger partial charge in [0.05, 0.1) is 29.2 Å². The summed E-state index contributed by atoms with van der Waals surface area (Å²) >= 11 is 11.8. The SMILES string of the molecule is O=C(c1ccc(Cl)cc1Cl)N1CC(Oc2cc(C(F)(F)F)ccn2)C1. The van der Waals surface area contributed by atoms with Crippen molar-refractivity contribution < 1.29 is 22.7 Å². The van der Waals surface area contributed by atoms with Gasteiger partial charge in [-0.05, 0) is 24.3 Å². The predicted octanol–water partition coefficient (Wildman–Crippen LogP) is 4.31. The molecule has 3 rings (SSSR count). The van der Waals surface area contributed by atoms with Crippen LogP contribution < -0.4 is 4.74 Å². The number of carbonyl (C=O) groups is 1. The summed E-state index contributed by atoms with van der Waals surface area (Å²) in [6, 6.07) is 6.25. The highest BCUT2D eigenvalue weighted by Gasteiger charge is 2.35. The van der Waals surface area contributed by atoms with Gasteiger partial charge in [-0.3, -0.25) is 4.79 Å². The number of nitrogens with zero attached hydrogens (tertiary/aromatic N) is 2. The second kappa shape index (κ2) is 6.72. The van der Waals surface area contributed by atoms with Gasteiger partial charge in [0, 0.05) is 17.3 Å². The number of halogens is 5. The minimum atomic E-state index is -4.46. The van der Waals surface area contributed by atoms with E-state index in [9.17, 15) is 18.0 Å². The van der Waals surface area contributed by atoms with Crippen molar-refractivity contribution >= 4 is 29.1 Å². The molecule has 4 nitrogen and oxygen atoms in total. The van der Waals surface area contributed by atoms with Gasteiger partial charge in [-0.2, -0.15) is 13.2 Å². The molecule has 132 valence electrons. The molecule has 1 saturated heterocycles. The number of hydrogen-bond acceptors (Lipinski definition) is 3. The van der Waals surface area contributed by atoms with Crippen molar-refractivity contribution in [3.05, 3.63) is 57.7 Å². The van der Waals surface area contributed by atoms with Crippen LogP contribution in [0, 0.1) is 0 Å². The van der Waals surface area contributed by atoms with E-state index in [1.54, 1.807) is 6.07 Å². The second-order valence-corrected chi connectivity index (χ2v) is 6.30. The molecule has 0 unspecified atom stereocenters. The molecule has 1 aromatic heterocycles. The Hall–Kier alpha value is -1.99. The normalized spacial score (nSPS) is 15.0. The molecule has 1 fully saturated rings. The number of rotatable bonds is 3. The zero-order valence-corrected chi connectivity index (χ0v) is 14.1. The van der Waals surface area contributed by atoms with Crippen molar-refractivity contribution in [2.24, 2.45) is 0 Å². The summed E-state index contributed by atoms with van der Waals surface area (Å²) in [6.07, 6.45) is -3.85. The molecule has 25 heavy (non-hydrogen) atoms. The fraction of sp³-hybridized carbons (Fsp3) is 0.250. The van der Waals surface area contributed by atoms with Crippen LogP contribution in [0.1, 0.15) is 15.9 Å². The van der Waals surface area contributed by atoms with E-state index in [0.29, 0.717) is 10.6 Å². The van der Waals surface area contributed by atoms with Crippen LogP contribution in [0.2, 0.25) is 10.0 Å². The molecule has 2 heterocycles. The van der Waals surface area contributed by atoms with E-state index < -0.39 is 17.8 Å². The van der Waals surface area contributed by atoms with Gasteiger partial charge in [0.25, 0.3) is 5.91 Å². The van der Waals surface area contributed by atoms with Crippen molar-refractivity contribution in [2.75, 3.05) is 13.1 Å². The molecule has 0 spiro atoms. The molecule has 0 aliphatic carbocycles. The Morgan fingerprint density at radius 2 is 1.92 bits per heavy atom. The molecule has 0 N–H and O–H groups in total. The smallest absolute Gasteiger partial charge is 0.416 e. The summed E-state index contributed by atoms with van der Waals surface area (Å²) in [5.41, 5.74) is -0.528. The number of carbonyl (C=O) groups excluding carboxylic acids is 1. The monoisotopic (exact) mass is 390 g/mol. The Labute approximate surface area is 151 Å². The zero-order chi connectivity index (χ0) is 18.2. The van der Waals surface area contributed by atoms with Gasteiger partial charge in [0.2, 0.25) is 5.88 Å². The molecule has 9 heteroatoms. The molecule has 1 amide bonds. The summed E-state index contributed by atoms with van der Waals surface area (Å²) in [4.78, 5) is 17.6. The number of ether oxygens (including phenoxy) is 1. The summed E-state index contributed by atoms with van der Waals surface area (Å²) in [5.74, 6) is -0.421. The predicted molar refractivity (Wildman–Crippen MR) is 86.0 cm³/mol. The average Bonchev–Trinajstić information content (AvgIpc) is 2.49. The maximum atomic E-state index is 12.7. The maximum absolute atomic E-state index is 12.7. The van der Waals surface area contributed by atoms with Crippen molar-refractivity contribution in [1.82, 2.24) is 9.88 Å². The van der Waals surface area contributed by atoms with E-state index in [1.807, 2.05) is 0 Å². The first-order chi connectivity index (χ1) is 11.7. The largest absolute Gasteiger partial charge is 0.471 e. The highest BCUT2D eigenvalue weighted by molar-refractivity contribution is 6.36. The minimum absolute atomic E-state index is 0.128. The van der Waals surface area contributed by atoms with Gasteiger partial charge in [-0.1, -0.05) is 23.2 Å². The molecule has 0 atom stereocenters. The van der Waals surface area contributed by atoms with Gasteiger partial charge in [-0.15, -0.1) is 0 Å². The van der Waals surface area contributed by atoms with Crippen LogP contribution in [0.5, 0.6) is 5.88 Å². The summed E-state index contributed by atoms with van der Waals surface area (Å²) < 4.78 is 43.4. The van der Waals surface area contributed by atoms with Crippen molar-refractivity contribution in [1.29, 1.82) is 0 Å². The van der Waals surface area contributed by atoms with Crippen LogP contribution in [-0.2, 0) is 6.18 Å². The number of benzene rings is 1. The zero-order valence-electron chi connectivity index (χ0n) is 12.6. The number of hydrogen-bond donors (Lipinski definition) is 0. The molecule has 0 radical (unpaired) electrons. The number of likely N-dealkylation sites (tertiary alicyclic amines) is 1. The van der Waals surface area contributed by atoms with Gasteiger partial charge in [0.1, 0.15) is 6.10 Å². The molecule has 1 aromatic carbocycles. The van der Waals surface area contributed by atoms with Gasteiger partial charge in [-0.25, -0.2) is 4.98 Å². The maximum Gasteiger partial charge on any atom is 0.416 e. The molecule has 0 saturated carbocycles. The lowest BCUT2D eigenvalue weighted by Crippen LogP contribution is -2.56. The number of amides is 1. The number of pyridine rings is 1. The van der Waals surface area contributed by atoms with Crippen LogP contribution in [0.25, 0.3) is 0 Å².